The van der Waals surface area contributed by atoms with E-state index >= 15 is 0 Å². The Morgan fingerprint density at radius 2 is 1.79 bits per heavy atom. The highest BCUT2D eigenvalue weighted by Gasteiger charge is 2.56. The van der Waals surface area contributed by atoms with Crippen LogP contribution in [-0.2, 0) is 0 Å². The molecule has 0 aromatic heterocycles. The normalized spacial score (nSPS) is 43.3. The van der Waals surface area contributed by atoms with E-state index in [1.807, 2.05) is 13.8 Å². The second kappa shape index (κ2) is 8.58. The summed E-state index contributed by atoms with van der Waals surface area (Å²) in [6.45, 7) is 13.6. The van der Waals surface area contributed by atoms with E-state index in [2.05, 4.69) is 27.7 Å². The molecule has 0 bridgehead atoms. The van der Waals surface area contributed by atoms with Crippen LogP contribution in [-0.4, -0.2) is 21.9 Å². The van der Waals surface area contributed by atoms with Crippen LogP contribution in [0.4, 0.5) is 0 Å². The minimum Gasteiger partial charge on any atom is -0.393 e. The summed E-state index contributed by atoms with van der Waals surface area (Å²) in [5.74, 6) is 5.84. The van der Waals surface area contributed by atoms with Gasteiger partial charge in [0.1, 0.15) is 0 Å². The molecule has 9 atom stereocenters. The number of aliphatic hydroxyl groups excluding tert-OH is 1. The lowest BCUT2D eigenvalue weighted by Crippen LogP contribution is -2.47. The molecule has 0 spiro atoms. The van der Waals surface area contributed by atoms with Gasteiger partial charge in [-0.05, 0) is 125 Å². The first kappa shape index (κ1) is 22.6. The Morgan fingerprint density at radius 1 is 1.07 bits per heavy atom. The average molecular weight is 393 g/mol. The standard InChI is InChI=1S/C26H48O2/c1-7-20(27)16-19-8-9-22-21(18(19)3)13-15-26(6)23(10-11-24(22)26)17(2)12-14-25(4,5)28/h17-24,27-28H,7-16H2,1-6H3/t17-,18+,19+,20+,21-,22-,23-,24+,26-/m1/s1. The molecular formula is C26H48O2. The maximum Gasteiger partial charge on any atom is 0.0591 e. The predicted octanol–water partition coefficient (Wildman–Crippen LogP) is 6.44. The molecule has 0 aromatic carbocycles. The molecule has 0 saturated heterocycles. The topological polar surface area (TPSA) is 40.5 Å². The zero-order valence-electron chi connectivity index (χ0n) is 19.6. The van der Waals surface area contributed by atoms with Crippen molar-refractivity contribution in [3.8, 4) is 0 Å². The summed E-state index contributed by atoms with van der Waals surface area (Å²) >= 11 is 0. The van der Waals surface area contributed by atoms with E-state index in [9.17, 15) is 10.2 Å². The number of aliphatic hydroxyl groups is 2. The van der Waals surface area contributed by atoms with Crippen molar-refractivity contribution in [1.29, 1.82) is 0 Å². The molecule has 3 aliphatic carbocycles. The van der Waals surface area contributed by atoms with Gasteiger partial charge >= 0.3 is 0 Å². The molecule has 3 rings (SSSR count). The first-order chi connectivity index (χ1) is 13.1. The van der Waals surface area contributed by atoms with Gasteiger partial charge in [0.05, 0.1) is 11.7 Å². The second-order valence-corrected chi connectivity index (χ2v) is 12.0. The van der Waals surface area contributed by atoms with Gasteiger partial charge in [0, 0.05) is 0 Å². The second-order valence-electron chi connectivity index (χ2n) is 12.0. The molecule has 3 aliphatic rings. The summed E-state index contributed by atoms with van der Waals surface area (Å²) in [6.07, 6.45) is 12.3. The third kappa shape index (κ3) is 4.48. The van der Waals surface area contributed by atoms with Crippen LogP contribution in [0, 0.1) is 46.8 Å². The molecule has 2 nitrogen and oxygen atoms in total. The maximum atomic E-state index is 10.2. The van der Waals surface area contributed by atoms with E-state index in [-0.39, 0.29) is 6.10 Å². The zero-order chi connectivity index (χ0) is 20.7. The Kier molecular flexibility index (Phi) is 6.92. The van der Waals surface area contributed by atoms with Crippen molar-refractivity contribution in [2.24, 2.45) is 46.8 Å². The molecule has 3 saturated carbocycles. The Bertz CT molecular complexity index is 509. The van der Waals surface area contributed by atoms with Crippen LogP contribution in [0.3, 0.4) is 0 Å². The van der Waals surface area contributed by atoms with Gasteiger partial charge < -0.3 is 10.2 Å². The molecule has 0 unspecified atom stereocenters. The number of fused-ring (bicyclic) bond motifs is 3. The quantitative estimate of drug-likeness (QED) is 0.523. The Morgan fingerprint density at radius 3 is 2.43 bits per heavy atom. The van der Waals surface area contributed by atoms with Crippen molar-refractivity contribution in [2.75, 3.05) is 0 Å². The molecular weight excluding hydrogens is 344 g/mol. The third-order valence-electron chi connectivity index (χ3n) is 9.80. The van der Waals surface area contributed by atoms with Gasteiger partial charge in [-0.15, -0.1) is 0 Å². The number of rotatable bonds is 7. The van der Waals surface area contributed by atoms with E-state index in [4.69, 9.17) is 0 Å². The molecule has 0 heterocycles. The first-order valence-corrected chi connectivity index (χ1v) is 12.5. The fraction of sp³-hybridized carbons (Fsp3) is 1.00. The third-order valence-corrected chi connectivity index (χ3v) is 9.80. The van der Waals surface area contributed by atoms with Gasteiger partial charge in [0.25, 0.3) is 0 Å². The van der Waals surface area contributed by atoms with Crippen molar-refractivity contribution in [3.05, 3.63) is 0 Å². The smallest absolute Gasteiger partial charge is 0.0591 e. The number of hydrogen-bond donors (Lipinski definition) is 2. The summed E-state index contributed by atoms with van der Waals surface area (Å²) in [4.78, 5) is 0. The van der Waals surface area contributed by atoms with Crippen LogP contribution < -0.4 is 0 Å². The summed E-state index contributed by atoms with van der Waals surface area (Å²) in [6, 6.07) is 0. The molecule has 3 fully saturated rings. The molecule has 2 heteroatoms. The monoisotopic (exact) mass is 392 g/mol. The highest BCUT2D eigenvalue weighted by Crippen LogP contribution is 2.64. The van der Waals surface area contributed by atoms with Crippen molar-refractivity contribution >= 4 is 0 Å². The number of hydrogen-bond acceptors (Lipinski definition) is 2. The van der Waals surface area contributed by atoms with Crippen molar-refractivity contribution in [2.45, 2.75) is 117 Å². The highest BCUT2D eigenvalue weighted by atomic mass is 16.3. The van der Waals surface area contributed by atoms with Gasteiger partial charge in [0.2, 0.25) is 0 Å². The Labute approximate surface area is 174 Å². The van der Waals surface area contributed by atoms with E-state index in [0.717, 1.165) is 67.1 Å². The Hall–Kier alpha value is -0.0800. The lowest BCUT2D eigenvalue weighted by Gasteiger charge is -2.55. The van der Waals surface area contributed by atoms with Crippen molar-refractivity contribution < 1.29 is 10.2 Å². The van der Waals surface area contributed by atoms with E-state index in [0.29, 0.717) is 5.41 Å². The van der Waals surface area contributed by atoms with Crippen LogP contribution >= 0.6 is 0 Å². The summed E-state index contributed by atoms with van der Waals surface area (Å²) in [5, 5.41) is 20.4. The van der Waals surface area contributed by atoms with Gasteiger partial charge in [-0.25, -0.2) is 0 Å². The molecule has 0 amide bonds. The van der Waals surface area contributed by atoms with E-state index in [1.54, 1.807) is 0 Å². The average Bonchev–Trinajstić information content (AvgIpc) is 2.98. The van der Waals surface area contributed by atoms with Gasteiger partial charge in [-0.3, -0.25) is 0 Å². The van der Waals surface area contributed by atoms with Gasteiger partial charge in [-0.1, -0.05) is 27.7 Å². The fourth-order valence-corrected chi connectivity index (χ4v) is 8.01. The van der Waals surface area contributed by atoms with Crippen LogP contribution in [0.15, 0.2) is 0 Å². The molecule has 0 aromatic rings. The molecule has 164 valence electrons. The lowest BCUT2D eigenvalue weighted by molar-refractivity contribution is -0.0627. The molecule has 0 aliphatic heterocycles. The first-order valence-electron chi connectivity index (χ1n) is 12.5. The molecule has 0 radical (unpaired) electrons. The van der Waals surface area contributed by atoms with Crippen molar-refractivity contribution in [3.63, 3.8) is 0 Å². The van der Waals surface area contributed by atoms with Gasteiger partial charge in [-0.2, -0.15) is 0 Å². The fourth-order valence-electron chi connectivity index (χ4n) is 8.01. The minimum atomic E-state index is -0.526. The van der Waals surface area contributed by atoms with Crippen LogP contribution in [0.25, 0.3) is 0 Å². The van der Waals surface area contributed by atoms with E-state index in [1.165, 1.54) is 38.5 Å². The van der Waals surface area contributed by atoms with Crippen LogP contribution in [0.2, 0.25) is 0 Å². The minimum absolute atomic E-state index is 0.0923. The maximum absolute atomic E-state index is 10.2. The lowest BCUT2D eigenvalue weighted by atomic mass is 9.50. The van der Waals surface area contributed by atoms with Crippen LogP contribution in [0.1, 0.15) is 106 Å². The largest absolute Gasteiger partial charge is 0.393 e. The van der Waals surface area contributed by atoms with E-state index < -0.39 is 5.60 Å². The SMILES string of the molecule is CC[C@H](O)C[C@@H]1CC[C@@H]2[C@H](CC[C@]3(C)[C@@H]([C@H](C)CCC(C)(C)O)CC[C@@H]23)[C@H]1C. The van der Waals surface area contributed by atoms with Gasteiger partial charge in [0.15, 0.2) is 0 Å². The van der Waals surface area contributed by atoms with Crippen LogP contribution in [0.5, 0.6) is 0 Å². The Balaban J connectivity index is 1.66. The summed E-state index contributed by atoms with van der Waals surface area (Å²) in [7, 11) is 0. The predicted molar refractivity (Wildman–Crippen MR) is 118 cm³/mol. The van der Waals surface area contributed by atoms with Crippen molar-refractivity contribution in [1.82, 2.24) is 0 Å². The molecule has 2 N–H and O–H groups in total. The summed E-state index contributed by atoms with van der Waals surface area (Å²) in [5.41, 5.74) is -0.00261. The zero-order valence-corrected chi connectivity index (χ0v) is 19.6. The molecule has 28 heavy (non-hydrogen) atoms. The summed E-state index contributed by atoms with van der Waals surface area (Å²) < 4.78 is 0. The highest BCUT2D eigenvalue weighted by molar-refractivity contribution is 5.05.